The predicted octanol–water partition coefficient (Wildman–Crippen LogP) is 3.88. The molecule has 176 valence electrons. The largest absolute Gasteiger partial charge is 0.493 e. The topological polar surface area (TPSA) is 113 Å². The van der Waals surface area contributed by atoms with Gasteiger partial charge in [0.1, 0.15) is 18.9 Å². The Bertz CT molecular complexity index is 1080. The van der Waals surface area contributed by atoms with Crippen LogP contribution in [-0.2, 0) is 20.8 Å². The SMILES string of the molecule is O=C(O)CNC(=O)[C@@H](Cc1ccc(-c2ccccc2)cc1)CC(COc1ccccc1)C(=O)O. The van der Waals surface area contributed by atoms with Crippen molar-refractivity contribution in [3.8, 4) is 16.9 Å². The number of para-hydroxylation sites is 1. The fourth-order valence-corrected chi connectivity index (χ4v) is 3.64. The first kappa shape index (κ1) is 24.5. The molecule has 0 saturated heterocycles. The number of carbonyl (C=O) groups is 3. The highest BCUT2D eigenvalue weighted by molar-refractivity contribution is 5.83. The van der Waals surface area contributed by atoms with E-state index in [1.165, 1.54) is 0 Å². The van der Waals surface area contributed by atoms with Crippen molar-refractivity contribution < 1.29 is 29.3 Å². The van der Waals surface area contributed by atoms with Crippen molar-refractivity contribution in [3.05, 3.63) is 90.5 Å². The Balaban J connectivity index is 1.73. The minimum absolute atomic E-state index is 0.00799. The molecule has 3 aromatic rings. The summed E-state index contributed by atoms with van der Waals surface area (Å²) in [7, 11) is 0. The monoisotopic (exact) mass is 461 g/mol. The van der Waals surface area contributed by atoms with Gasteiger partial charge in [-0.15, -0.1) is 0 Å². The Kier molecular flexibility index (Phi) is 8.80. The maximum Gasteiger partial charge on any atom is 0.322 e. The second-order valence-corrected chi connectivity index (χ2v) is 7.97. The highest BCUT2D eigenvalue weighted by Gasteiger charge is 2.28. The number of hydrogen-bond acceptors (Lipinski definition) is 4. The molecule has 1 amide bonds. The molecule has 0 fully saturated rings. The fraction of sp³-hybridized carbons (Fsp3) is 0.222. The van der Waals surface area contributed by atoms with E-state index in [1.807, 2.05) is 60.7 Å². The normalized spacial score (nSPS) is 12.4. The average Bonchev–Trinajstić information content (AvgIpc) is 2.85. The molecular formula is C27H27NO6. The summed E-state index contributed by atoms with van der Waals surface area (Å²) in [6, 6.07) is 26.4. The molecule has 1 unspecified atom stereocenters. The molecule has 3 rings (SSSR count). The first-order valence-electron chi connectivity index (χ1n) is 11.0. The molecule has 0 radical (unpaired) electrons. The predicted molar refractivity (Wildman–Crippen MR) is 127 cm³/mol. The molecular weight excluding hydrogens is 434 g/mol. The lowest BCUT2D eigenvalue weighted by molar-refractivity contribution is -0.144. The summed E-state index contributed by atoms with van der Waals surface area (Å²) in [4.78, 5) is 35.6. The van der Waals surface area contributed by atoms with E-state index < -0.39 is 36.2 Å². The summed E-state index contributed by atoms with van der Waals surface area (Å²) in [5.41, 5.74) is 2.94. The lowest BCUT2D eigenvalue weighted by Gasteiger charge is -2.21. The smallest absolute Gasteiger partial charge is 0.322 e. The van der Waals surface area contributed by atoms with Gasteiger partial charge in [0.25, 0.3) is 0 Å². The number of amides is 1. The maximum absolute atomic E-state index is 12.8. The maximum atomic E-state index is 12.8. The summed E-state index contributed by atoms with van der Waals surface area (Å²) in [5, 5.41) is 21.0. The molecule has 0 heterocycles. The number of hydrogen-bond donors (Lipinski definition) is 3. The third kappa shape index (κ3) is 7.48. The van der Waals surface area contributed by atoms with Gasteiger partial charge in [0.15, 0.2) is 0 Å². The standard InChI is InChI=1S/C27H27NO6/c29-25(30)17-28-26(31)22(16-23(27(32)33)18-34-24-9-5-2-6-10-24)15-19-11-13-21(14-12-19)20-7-3-1-4-8-20/h1-14,22-23H,15-18H2,(H,28,31)(H,29,30)(H,32,33)/t22-,23?/m0/s1. The Hall–Kier alpha value is -4.13. The Labute approximate surface area is 198 Å². The fourth-order valence-electron chi connectivity index (χ4n) is 3.64. The molecule has 0 aliphatic heterocycles. The number of benzene rings is 3. The second kappa shape index (κ2) is 12.2. The van der Waals surface area contributed by atoms with Gasteiger partial charge < -0.3 is 20.3 Å². The van der Waals surface area contributed by atoms with Crippen molar-refractivity contribution in [2.75, 3.05) is 13.2 Å². The van der Waals surface area contributed by atoms with Gasteiger partial charge in [0, 0.05) is 5.92 Å². The van der Waals surface area contributed by atoms with E-state index in [1.54, 1.807) is 24.3 Å². The van der Waals surface area contributed by atoms with Gasteiger partial charge in [-0.1, -0.05) is 72.8 Å². The molecule has 0 saturated carbocycles. The molecule has 0 bridgehead atoms. The van der Waals surface area contributed by atoms with Crippen LogP contribution in [-0.4, -0.2) is 41.2 Å². The lowest BCUT2D eigenvalue weighted by atomic mass is 9.88. The summed E-state index contributed by atoms with van der Waals surface area (Å²) in [5.74, 6) is -3.88. The van der Waals surface area contributed by atoms with Crippen LogP contribution in [0.3, 0.4) is 0 Å². The van der Waals surface area contributed by atoms with E-state index >= 15 is 0 Å². The quantitative estimate of drug-likeness (QED) is 0.377. The number of ether oxygens (including phenoxy) is 1. The van der Waals surface area contributed by atoms with Crippen molar-refractivity contribution in [2.24, 2.45) is 11.8 Å². The lowest BCUT2D eigenvalue weighted by Crippen LogP contribution is -2.38. The van der Waals surface area contributed by atoms with E-state index in [0.29, 0.717) is 5.75 Å². The van der Waals surface area contributed by atoms with Crippen LogP contribution in [0.1, 0.15) is 12.0 Å². The Morgan fingerprint density at radius 2 is 1.35 bits per heavy atom. The Morgan fingerprint density at radius 1 is 0.765 bits per heavy atom. The molecule has 0 aliphatic carbocycles. The van der Waals surface area contributed by atoms with Crippen LogP contribution in [0.15, 0.2) is 84.9 Å². The highest BCUT2D eigenvalue weighted by Crippen LogP contribution is 2.23. The zero-order chi connectivity index (χ0) is 24.3. The first-order valence-corrected chi connectivity index (χ1v) is 11.0. The zero-order valence-electron chi connectivity index (χ0n) is 18.6. The van der Waals surface area contributed by atoms with Crippen LogP contribution >= 0.6 is 0 Å². The van der Waals surface area contributed by atoms with Crippen LogP contribution < -0.4 is 10.1 Å². The third-order valence-electron chi connectivity index (χ3n) is 5.44. The number of carbonyl (C=O) groups excluding carboxylic acids is 1. The van der Waals surface area contributed by atoms with E-state index in [4.69, 9.17) is 9.84 Å². The van der Waals surface area contributed by atoms with Crippen LogP contribution in [0.2, 0.25) is 0 Å². The van der Waals surface area contributed by atoms with E-state index in [-0.39, 0.29) is 19.4 Å². The number of carboxylic acids is 2. The van der Waals surface area contributed by atoms with Crippen molar-refractivity contribution in [1.82, 2.24) is 5.32 Å². The van der Waals surface area contributed by atoms with E-state index in [2.05, 4.69) is 5.32 Å². The van der Waals surface area contributed by atoms with Gasteiger partial charge >= 0.3 is 11.9 Å². The van der Waals surface area contributed by atoms with Crippen molar-refractivity contribution in [1.29, 1.82) is 0 Å². The van der Waals surface area contributed by atoms with Crippen molar-refractivity contribution >= 4 is 17.8 Å². The van der Waals surface area contributed by atoms with E-state index in [0.717, 1.165) is 16.7 Å². The van der Waals surface area contributed by atoms with Gasteiger partial charge in [0.2, 0.25) is 5.91 Å². The molecule has 3 aromatic carbocycles. The molecule has 7 heteroatoms. The van der Waals surface area contributed by atoms with Gasteiger partial charge in [-0.25, -0.2) is 0 Å². The summed E-state index contributed by atoms with van der Waals surface area (Å²) >= 11 is 0. The van der Waals surface area contributed by atoms with Gasteiger partial charge in [-0.05, 0) is 41.7 Å². The number of nitrogens with one attached hydrogen (secondary N) is 1. The first-order chi connectivity index (χ1) is 16.4. The van der Waals surface area contributed by atoms with Crippen LogP contribution in [0, 0.1) is 11.8 Å². The number of aliphatic carboxylic acids is 2. The molecule has 2 atom stereocenters. The number of carboxylic acid groups (broad SMARTS) is 2. The van der Waals surface area contributed by atoms with E-state index in [9.17, 15) is 19.5 Å². The number of rotatable bonds is 12. The summed E-state index contributed by atoms with van der Waals surface area (Å²) in [6.45, 7) is -0.629. The van der Waals surface area contributed by atoms with Crippen molar-refractivity contribution in [2.45, 2.75) is 12.8 Å². The molecule has 0 spiro atoms. The van der Waals surface area contributed by atoms with Crippen LogP contribution in [0.4, 0.5) is 0 Å². The molecule has 0 aliphatic rings. The van der Waals surface area contributed by atoms with Gasteiger partial charge in [0.05, 0.1) is 5.92 Å². The van der Waals surface area contributed by atoms with Crippen molar-refractivity contribution in [3.63, 3.8) is 0 Å². The minimum atomic E-state index is -1.17. The van der Waals surface area contributed by atoms with Crippen LogP contribution in [0.25, 0.3) is 11.1 Å². The summed E-state index contributed by atoms with van der Waals surface area (Å²) in [6.07, 6.45) is 0.281. The van der Waals surface area contributed by atoms with Gasteiger partial charge in [-0.3, -0.25) is 14.4 Å². The second-order valence-electron chi connectivity index (χ2n) is 7.97. The Morgan fingerprint density at radius 3 is 1.94 bits per heavy atom. The molecule has 7 nitrogen and oxygen atoms in total. The minimum Gasteiger partial charge on any atom is -0.493 e. The highest BCUT2D eigenvalue weighted by atomic mass is 16.5. The molecule has 0 aromatic heterocycles. The van der Waals surface area contributed by atoms with Crippen LogP contribution in [0.5, 0.6) is 5.75 Å². The zero-order valence-corrected chi connectivity index (χ0v) is 18.6. The molecule has 34 heavy (non-hydrogen) atoms. The summed E-state index contributed by atoms with van der Waals surface area (Å²) < 4.78 is 5.62. The molecule has 3 N–H and O–H groups in total. The average molecular weight is 462 g/mol. The third-order valence-corrected chi connectivity index (χ3v) is 5.44. The van der Waals surface area contributed by atoms with Gasteiger partial charge in [-0.2, -0.15) is 0 Å².